The lowest BCUT2D eigenvalue weighted by atomic mass is 9.82. The zero-order valence-corrected chi connectivity index (χ0v) is 17.1. The third-order valence-corrected chi connectivity index (χ3v) is 5.20. The van der Waals surface area contributed by atoms with Crippen molar-refractivity contribution in [3.05, 3.63) is 34.3 Å². The van der Waals surface area contributed by atoms with Crippen molar-refractivity contribution in [3.8, 4) is 0 Å². The van der Waals surface area contributed by atoms with Crippen LogP contribution in [0.2, 0.25) is 0 Å². The first-order chi connectivity index (χ1) is 11.6. The maximum absolute atomic E-state index is 12.9. The predicted molar refractivity (Wildman–Crippen MR) is 99.2 cm³/mol. The summed E-state index contributed by atoms with van der Waals surface area (Å²) in [6.45, 7) is 8.25. The van der Waals surface area contributed by atoms with Crippen molar-refractivity contribution in [2.24, 2.45) is 0 Å². The number of carbonyl (C=O) groups excluding carboxylic acids is 2. The maximum Gasteiger partial charge on any atom is 0.345 e. The van der Waals surface area contributed by atoms with Crippen LogP contribution in [-0.2, 0) is 14.4 Å². The number of carbonyl (C=O) groups is 2. The summed E-state index contributed by atoms with van der Waals surface area (Å²) in [6, 6.07) is 6.85. The van der Waals surface area contributed by atoms with Gasteiger partial charge in [0, 0.05) is 21.1 Å². The minimum Gasteiger partial charge on any atom is -0.467 e. The molecule has 1 unspecified atom stereocenters. The smallest absolute Gasteiger partial charge is 0.345 e. The van der Waals surface area contributed by atoms with E-state index in [1.165, 1.54) is 7.11 Å². The van der Waals surface area contributed by atoms with Crippen LogP contribution in [0, 0.1) is 0 Å². The van der Waals surface area contributed by atoms with E-state index in [9.17, 15) is 9.59 Å². The van der Waals surface area contributed by atoms with Gasteiger partial charge in [-0.05, 0) is 59.1 Å². The van der Waals surface area contributed by atoms with Crippen LogP contribution in [0.5, 0.6) is 0 Å². The average Bonchev–Trinajstić information content (AvgIpc) is 2.53. The van der Waals surface area contributed by atoms with Crippen molar-refractivity contribution in [1.82, 2.24) is 5.06 Å². The van der Waals surface area contributed by atoms with Gasteiger partial charge in [0.1, 0.15) is 0 Å². The monoisotopic (exact) mass is 411 g/mol. The molecule has 1 aromatic rings. The predicted octanol–water partition coefficient (Wildman–Crippen LogP) is 4.15. The number of benzene rings is 1. The van der Waals surface area contributed by atoms with Gasteiger partial charge in [-0.25, -0.2) is 4.79 Å². The number of hydrogen-bond donors (Lipinski definition) is 0. The summed E-state index contributed by atoms with van der Waals surface area (Å²) in [5.74, 6) is -1.10. The Labute approximate surface area is 157 Å². The van der Waals surface area contributed by atoms with Crippen LogP contribution in [-0.4, -0.2) is 41.1 Å². The summed E-state index contributed by atoms with van der Waals surface area (Å²) in [7, 11) is 1.26. The molecule has 0 radical (unpaired) electrons. The van der Waals surface area contributed by atoms with Gasteiger partial charge in [-0.15, -0.1) is 0 Å². The van der Waals surface area contributed by atoms with E-state index in [2.05, 4.69) is 43.6 Å². The van der Waals surface area contributed by atoms with E-state index >= 15 is 0 Å². The number of Topliss-reactive ketones (excluding diaryl/α,β-unsaturated/α-hetero) is 1. The van der Waals surface area contributed by atoms with Crippen molar-refractivity contribution in [1.29, 1.82) is 0 Å². The highest BCUT2D eigenvalue weighted by atomic mass is 79.9. The third kappa shape index (κ3) is 4.49. The van der Waals surface area contributed by atoms with Gasteiger partial charge in [0.2, 0.25) is 11.9 Å². The lowest BCUT2D eigenvalue weighted by Gasteiger charge is -2.51. The highest BCUT2D eigenvalue weighted by Gasteiger charge is 2.46. The third-order valence-electron chi connectivity index (χ3n) is 4.67. The number of hydrogen-bond acceptors (Lipinski definition) is 5. The van der Waals surface area contributed by atoms with Gasteiger partial charge in [0.05, 0.1) is 7.11 Å². The number of hydroxylamine groups is 2. The SMILES string of the molecule is COC(=O)C(ON1C(C)(C)CCCC1(C)C)C(=O)c1ccc(Br)cc1. The maximum atomic E-state index is 12.9. The van der Waals surface area contributed by atoms with Crippen LogP contribution in [0.1, 0.15) is 57.3 Å². The largest absolute Gasteiger partial charge is 0.467 e. The van der Waals surface area contributed by atoms with Crippen LogP contribution >= 0.6 is 15.9 Å². The number of nitrogens with zero attached hydrogens (tertiary/aromatic N) is 1. The van der Waals surface area contributed by atoms with Crippen molar-refractivity contribution >= 4 is 27.7 Å². The molecule has 0 bridgehead atoms. The molecule has 0 aliphatic carbocycles. The van der Waals surface area contributed by atoms with Crippen molar-refractivity contribution in [2.45, 2.75) is 64.1 Å². The molecule has 0 spiro atoms. The van der Waals surface area contributed by atoms with Gasteiger partial charge in [0.15, 0.2) is 0 Å². The lowest BCUT2D eigenvalue weighted by molar-refractivity contribution is -0.292. The molecule has 6 heteroatoms. The van der Waals surface area contributed by atoms with Gasteiger partial charge in [-0.1, -0.05) is 28.1 Å². The minimum absolute atomic E-state index is 0.284. The molecule has 2 rings (SSSR count). The molecule has 138 valence electrons. The quantitative estimate of drug-likeness (QED) is 0.413. The molecule has 0 amide bonds. The first-order valence-corrected chi connectivity index (χ1v) is 9.22. The van der Waals surface area contributed by atoms with Crippen LogP contribution in [0.15, 0.2) is 28.7 Å². The Morgan fingerprint density at radius 1 is 1.08 bits per heavy atom. The fourth-order valence-corrected chi connectivity index (χ4v) is 3.70. The topological polar surface area (TPSA) is 55.8 Å². The molecule has 25 heavy (non-hydrogen) atoms. The first-order valence-electron chi connectivity index (χ1n) is 8.43. The van der Waals surface area contributed by atoms with E-state index in [4.69, 9.17) is 9.57 Å². The van der Waals surface area contributed by atoms with Gasteiger partial charge in [-0.2, -0.15) is 5.06 Å². The molecule has 5 nitrogen and oxygen atoms in total. The Balaban J connectivity index is 2.32. The molecule has 1 fully saturated rings. The molecule has 1 aliphatic heterocycles. The fraction of sp³-hybridized carbons (Fsp3) is 0.579. The summed E-state index contributed by atoms with van der Waals surface area (Å²) in [4.78, 5) is 31.2. The number of ether oxygens (including phenoxy) is 1. The molecule has 1 heterocycles. The molecule has 1 saturated heterocycles. The van der Waals surface area contributed by atoms with Crippen molar-refractivity contribution < 1.29 is 19.2 Å². The highest BCUT2D eigenvalue weighted by Crippen LogP contribution is 2.39. The molecule has 0 N–H and O–H groups in total. The number of halogens is 1. The molecule has 1 aliphatic rings. The van der Waals surface area contributed by atoms with E-state index in [1.54, 1.807) is 24.3 Å². The summed E-state index contributed by atoms with van der Waals surface area (Å²) < 4.78 is 5.70. The zero-order valence-electron chi connectivity index (χ0n) is 15.5. The lowest BCUT2D eigenvalue weighted by Crippen LogP contribution is -2.60. The number of esters is 1. The number of piperidine rings is 1. The van der Waals surface area contributed by atoms with E-state index in [1.807, 2.05) is 5.06 Å². The number of ketones is 1. The number of methoxy groups -OCH3 is 1. The molecule has 0 aromatic heterocycles. The second kappa shape index (κ2) is 7.56. The zero-order chi connectivity index (χ0) is 18.8. The van der Waals surface area contributed by atoms with E-state index in [-0.39, 0.29) is 11.1 Å². The van der Waals surface area contributed by atoms with Gasteiger partial charge >= 0.3 is 5.97 Å². The van der Waals surface area contributed by atoms with Crippen molar-refractivity contribution in [3.63, 3.8) is 0 Å². The van der Waals surface area contributed by atoms with Gasteiger partial charge in [-0.3, -0.25) is 9.63 Å². The fourth-order valence-electron chi connectivity index (χ4n) is 3.44. The van der Waals surface area contributed by atoms with Crippen LogP contribution in [0.4, 0.5) is 0 Å². The second-order valence-electron chi connectivity index (χ2n) is 7.65. The van der Waals surface area contributed by atoms with E-state index in [0.717, 1.165) is 23.7 Å². The van der Waals surface area contributed by atoms with E-state index < -0.39 is 17.9 Å². The second-order valence-corrected chi connectivity index (χ2v) is 8.57. The Morgan fingerprint density at radius 3 is 2.08 bits per heavy atom. The highest BCUT2D eigenvalue weighted by molar-refractivity contribution is 9.10. The molecule has 1 atom stereocenters. The Morgan fingerprint density at radius 2 is 1.60 bits per heavy atom. The van der Waals surface area contributed by atoms with Gasteiger partial charge < -0.3 is 4.74 Å². The molecule has 1 aromatic carbocycles. The normalized spacial score (nSPS) is 20.7. The van der Waals surface area contributed by atoms with E-state index in [0.29, 0.717) is 5.56 Å². The Kier molecular flexibility index (Phi) is 6.07. The van der Waals surface area contributed by atoms with Crippen LogP contribution in [0.3, 0.4) is 0 Å². The first kappa shape index (κ1) is 20.1. The van der Waals surface area contributed by atoms with Gasteiger partial charge in [0.25, 0.3) is 0 Å². The molecule has 0 saturated carbocycles. The Bertz CT molecular complexity index is 623. The van der Waals surface area contributed by atoms with Crippen molar-refractivity contribution in [2.75, 3.05) is 7.11 Å². The average molecular weight is 412 g/mol. The summed E-state index contributed by atoms with van der Waals surface area (Å²) in [5, 5.41) is 1.81. The summed E-state index contributed by atoms with van der Waals surface area (Å²) >= 11 is 3.34. The number of rotatable bonds is 5. The summed E-state index contributed by atoms with van der Waals surface area (Å²) in [5.41, 5.74) is -0.159. The standard InChI is InChI=1S/C19H26BrNO4/c1-18(2)11-6-12-19(3,4)21(18)25-16(17(23)24-5)15(22)13-7-9-14(20)10-8-13/h7-10,16H,6,11-12H2,1-5H3. The molecular formula is C19H26BrNO4. The van der Waals surface area contributed by atoms with Crippen LogP contribution < -0.4 is 0 Å². The van der Waals surface area contributed by atoms with Crippen LogP contribution in [0.25, 0.3) is 0 Å². The Hall–Kier alpha value is -1.24. The minimum atomic E-state index is -1.32. The summed E-state index contributed by atoms with van der Waals surface area (Å²) in [6.07, 6.45) is 1.61. The molecular weight excluding hydrogens is 386 g/mol.